The van der Waals surface area contributed by atoms with Crippen molar-refractivity contribution in [2.75, 3.05) is 31.9 Å². The van der Waals surface area contributed by atoms with Gasteiger partial charge in [0.2, 0.25) is 0 Å². The predicted octanol–water partition coefficient (Wildman–Crippen LogP) is 1.35. The van der Waals surface area contributed by atoms with Crippen LogP contribution in [0.15, 0.2) is 0 Å². The van der Waals surface area contributed by atoms with Crippen molar-refractivity contribution in [1.82, 2.24) is 6.15 Å². The lowest BCUT2D eigenvalue weighted by atomic mass is 10.2. The van der Waals surface area contributed by atoms with Crippen molar-refractivity contribution < 1.29 is 17.5 Å². The zero-order valence-corrected chi connectivity index (χ0v) is 11.6. The fourth-order valence-electron chi connectivity index (χ4n) is 1.87. The monoisotopic (exact) mass is 254 g/mol. The number of quaternary nitrogens is 1. The first kappa shape index (κ1) is 18.2. The minimum absolute atomic E-state index is 0. The van der Waals surface area contributed by atoms with E-state index in [-0.39, 0.29) is 11.9 Å². The first-order valence-electron chi connectivity index (χ1n) is 5.67. The molecule has 5 nitrogen and oxygen atoms in total. The van der Waals surface area contributed by atoms with E-state index < -0.39 is 10.1 Å². The van der Waals surface area contributed by atoms with Crippen LogP contribution in [0.2, 0.25) is 0 Å². The minimum atomic E-state index is -4.02. The molecule has 0 saturated carbocycles. The van der Waals surface area contributed by atoms with E-state index in [9.17, 15) is 13.0 Å². The van der Waals surface area contributed by atoms with Gasteiger partial charge in [-0.05, 0) is 33.6 Å². The molecule has 0 radical (unpaired) electrons. The Bertz CT molecular complexity index is 253. The molecule has 0 aromatic rings. The molecule has 0 aliphatic heterocycles. The summed E-state index contributed by atoms with van der Waals surface area (Å²) in [6.45, 7) is 10.6. The topological polar surface area (TPSA) is 92.2 Å². The average Bonchev–Trinajstić information content (AvgIpc) is 2.18. The Hall–Kier alpha value is -0.170. The number of hydrogen-bond acceptors (Lipinski definition) is 4. The highest BCUT2D eigenvalue weighted by atomic mass is 32.2. The Morgan fingerprint density at radius 1 is 1.00 bits per heavy atom. The molecule has 0 amide bonds. The number of rotatable bonds is 8. The summed E-state index contributed by atoms with van der Waals surface area (Å²) in [7, 11) is -4.02. The van der Waals surface area contributed by atoms with Crippen LogP contribution in [0.3, 0.4) is 0 Å². The molecular weight excluding hydrogens is 228 g/mol. The van der Waals surface area contributed by atoms with Gasteiger partial charge in [-0.15, -0.1) is 0 Å². The number of hydrogen-bond donors (Lipinski definition) is 1. The zero-order valence-electron chi connectivity index (χ0n) is 10.7. The molecule has 6 heteroatoms. The van der Waals surface area contributed by atoms with Gasteiger partial charge in [-0.25, -0.2) is 8.42 Å². The Kier molecular flexibility index (Phi) is 9.10. The van der Waals surface area contributed by atoms with Gasteiger partial charge in [0.05, 0.1) is 36.3 Å². The van der Waals surface area contributed by atoms with Crippen molar-refractivity contribution in [3.63, 3.8) is 0 Å². The van der Waals surface area contributed by atoms with Crippen LogP contribution in [-0.4, -0.2) is 49.4 Å². The van der Waals surface area contributed by atoms with Crippen molar-refractivity contribution in [1.29, 1.82) is 0 Å². The fraction of sp³-hybridized carbons (Fsp3) is 1.00. The van der Waals surface area contributed by atoms with Gasteiger partial charge in [0.15, 0.2) is 0 Å². The first-order chi connectivity index (χ1) is 6.89. The molecular formula is C10H26N2O3S. The zero-order chi connectivity index (χ0) is 11.9. The Morgan fingerprint density at radius 3 is 1.75 bits per heavy atom. The second kappa shape index (κ2) is 8.00. The lowest BCUT2D eigenvalue weighted by Crippen LogP contribution is -2.48. The Balaban J connectivity index is 0. The fourth-order valence-corrected chi connectivity index (χ4v) is 2.43. The van der Waals surface area contributed by atoms with E-state index >= 15 is 0 Å². The van der Waals surface area contributed by atoms with E-state index in [2.05, 4.69) is 20.8 Å². The maximum atomic E-state index is 10.4. The molecule has 0 atom stereocenters. The highest BCUT2D eigenvalue weighted by molar-refractivity contribution is 7.85. The summed E-state index contributed by atoms with van der Waals surface area (Å²) < 4.78 is 32.2. The standard InChI is InChI=1S/C10H23NO3S.H3N/c1-4-11(5-2,6-3)9-7-8-10-15(12,13)14;/h4-10H2,1-3H3;1H3. The Morgan fingerprint density at radius 2 is 1.44 bits per heavy atom. The normalized spacial score (nSPS) is 12.2. The molecule has 0 saturated heterocycles. The molecule has 0 bridgehead atoms. The van der Waals surface area contributed by atoms with Crippen LogP contribution < -0.4 is 6.15 Å². The van der Waals surface area contributed by atoms with E-state index in [1.165, 1.54) is 0 Å². The van der Waals surface area contributed by atoms with Crippen molar-refractivity contribution in [3.8, 4) is 0 Å². The van der Waals surface area contributed by atoms with Crippen LogP contribution in [0, 0.1) is 0 Å². The molecule has 0 aliphatic carbocycles. The molecule has 3 N–H and O–H groups in total. The Labute approximate surface area is 99.8 Å². The van der Waals surface area contributed by atoms with E-state index in [1.807, 2.05) is 0 Å². The van der Waals surface area contributed by atoms with Crippen LogP contribution in [0.1, 0.15) is 33.6 Å². The van der Waals surface area contributed by atoms with Gasteiger partial charge in [-0.3, -0.25) is 0 Å². The van der Waals surface area contributed by atoms with Crippen LogP contribution in [-0.2, 0) is 10.1 Å². The van der Waals surface area contributed by atoms with Gasteiger partial charge >= 0.3 is 0 Å². The summed E-state index contributed by atoms with van der Waals surface area (Å²) in [5.74, 6) is -0.218. The van der Waals surface area contributed by atoms with Gasteiger partial charge in [0, 0.05) is 5.75 Å². The lowest BCUT2D eigenvalue weighted by Gasteiger charge is -2.35. The molecule has 0 spiro atoms. The summed E-state index contributed by atoms with van der Waals surface area (Å²) in [5.41, 5.74) is 0. The summed E-state index contributed by atoms with van der Waals surface area (Å²) in [5, 5.41) is 0. The molecule has 0 heterocycles. The van der Waals surface area contributed by atoms with Gasteiger partial charge in [0.1, 0.15) is 0 Å². The summed E-state index contributed by atoms with van der Waals surface area (Å²) in [4.78, 5) is 0. The summed E-state index contributed by atoms with van der Waals surface area (Å²) in [6, 6.07) is 0. The molecule has 0 aromatic carbocycles. The highest BCUT2D eigenvalue weighted by Gasteiger charge is 2.19. The quantitative estimate of drug-likeness (QED) is 0.402. The summed E-state index contributed by atoms with van der Waals surface area (Å²) >= 11 is 0. The number of nitrogens with zero attached hydrogens (tertiary/aromatic N) is 1. The van der Waals surface area contributed by atoms with Crippen LogP contribution in [0.25, 0.3) is 0 Å². The maximum absolute atomic E-state index is 10.4. The minimum Gasteiger partial charge on any atom is -0.748 e. The first-order valence-corrected chi connectivity index (χ1v) is 7.25. The third kappa shape index (κ3) is 7.16. The molecule has 0 fully saturated rings. The SMILES string of the molecule is CC[N+](CC)(CC)CCCCS(=O)(=O)[O-].N. The molecule has 16 heavy (non-hydrogen) atoms. The molecule has 0 aromatic heterocycles. The highest BCUT2D eigenvalue weighted by Crippen LogP contribution is 2.08. The van der Waals surface area contributed by atoms with E-state index in [0.717, 1.165) is 37.1 Å². The smallest absolute Gasteiger partial charge is 0.0945 e. The van der Waals surface area contributed by atoms with E-state index in [4.69, 9.17) is 0 Å². The average molecular weight is 254 g/mol. The van der Waals surface area contributed by atoms with Crippen molar-refractivity contribution in [3.05, 3.63) is 0 Å². The molecule has 0 rings (SSSR count). The van der Waals surface area contributed by atoms with Gasteiger partial charge in [-0.1, -0.05) is 0 Å². The number of unbranched alkanes of at least 4 members (excludes halogenated alkanes) is 1. The second-order valence-corrected chi connectivity index (χ2v) is 5.51. The van der Waals surface area contributed by atoms with Crippen LogP contribution >= 0.6 is 0 Å². The van der Waals surface area contributed by atoms with Crippen LogP contribution in [0.5, 0.6) is 0 Å². The van der Waals surface area contributed by atoms with E-state index in [1.54, 1.807) is 0 Å². The summed E-state index contributed by atoms with van der Waals surface area (Å²) in [6.07, 6.45) is 1.31. The van der Waals surface area contributed by atoms with Crippen molar-refractivity contribution in [2.45, 2.75) is 33.6 Å². The van der Waals surface area contributed by atoms with Crippen LogP contribution in [0.4, 0.5) is 0 Å². The third-order valence-corrected chi connectivity index (χ3v) is 4.08. The lowest BCUT2D eigenvalue weighted by molar-refractivity contribution is -0.923. The largest absolute Gasteiger partial charge is 0.748 e. The van der Waals surface area contributed by atoms with Gasteiger partial charge in [0.25, 0.3) is 0 Å². The van der Waals surface area contributed by atoms with Crippen molar-refractivity contribution in [2.24, 2.45) is 0 Å². The molecule has 100 valence electrons. The van der Waals surface area contributed by atoms with E-state index in [0.29, 0.717) is 6.42 Å². The second-order valence-electron chi connectivity index (χ2n) is 3.98. The third-order valence-electron chi connectivity index (χ3n) is 3.29. The molecule has 0 aliphatic rings. The maximum Gasteiger partial charge on any atom is 0.0945 e. The van der Waals surface area contributed by atoms with Gasteiger partial charge < -0.3 is 15.2 Å². The molecule has 0 unspecified atom stereocenters. The van der Waals surface area contributed by atoms with Gasteiger partial charge in [-0.2, -0.15) is 0 Å². The predicted molar refractivity (Wildman–Crippen MR) is 65.6 cm³/mol. The van der Waals surface area contributed by atoms with Crippen molar-refractivity contribution >= 4 is 10.1 Å².